The Morgan fingerprint density at radius 3 is 2.46 bits per heavy atom. The molecule has 9 nitrogen and oxygen atoms in total. The lowest BCUT2D eigenvalue weighted by molar-refractivity contribution is 0.0944. The number of hydrogen-bond donors (Lipinski definition) is 2. The molecule has 0 aliphatic heterocycles. The standard InChI is InChI=1S/C27H18ClF2N7O2/c28-20-12-22(30)19(25-21(29)7-4-8-33-25)11-18(20)26(38)35-24-13-23(36-37(24)17-5-2-1-3-6-17)27(39)34-15-16-14-31-9-10-32-16/h1-14H,15H2,(H,34,39)(H,35,38). The average Bonchev–Trinajstić information content (AvgIpc) is 3.37. The van der Waals surface area contributed by atoms with Crippen LogP contribution in [0.4, 0.5) is 14.6 Å². The molecule has 0 saturated heterocycles. The fraction of sp³-hybridized carbons (Fsp3) is 0.0370. The largest absolute Gasteiger partial charge is 0.345 e. The molecule has 0 bridgehead atoms. The summed E-state index contributed by atoms with van der Waals surface area (Å²) in [4.78, 5) is 38.1. The van der Waals surface area contributed by atoms with Crippen LogP contribution in [-0.4, -0.2) is 36.5 Å². The fourth-order valence-electron chi connectivity index (χ4n) is 3.70. The summed E-state index contributed by atoms with van der Waals surface area (Å²) in [6.07, 6.45) is 5.85. The normalized spacial score (nSPS) is 10.7. The Labute approximate surface area is 225 Å². The van der Waals surface area contributed by atoms with E-state index in [2.05, 4.69) is 30.7 Å². The number of hydrogen-bond acceptors (Lipinski definition) is 6. The smallest absolute Gasteiger partial charge is 0.272 e. The van der Waals surface area contributed by atoms with Crippen LogP contribution in [0, 0.1) is 11.6 Å². The Hall–Kier alpha value is -5.03. The van der Waals surface area contributed by atoms with Crippen molar-refractivity contribution in [2.45, 2.75) is 6.54 Å². The Bertz CT molecular complexity index is 1660. The zero-order valence-electron chi connectivity index (χ0n) is 20.0. The monoisotopic (exact) mass is 545 g/mol. The Morgan fingerprint density at radius 2 is 1.72 bits per heavy atom. The Morgan fingerprint density at radius 1 is 0.897 bits per heavy atom. The average molecular weight is 546 g/mol. The van der Waals surface area contributed by atoms with Crippen molar-refractivity contribution in [1.29, 1.82) is 0 Å². The van der Waals surface area contributed by atoms with Gasteiger partial charge in [0, 0.05) is 30.2 Å². The molecule has 2 N–H and O–H groups in total. The number of nitrogens with one attached hydrogen (secondary N) is 2. The van der Waals surface area contributed by atoms with E-state index in [4.69, 9.17) is 11.6 Å². The molecule has 0 spiro atoms. The van der Waals surface area contributed by atoms with Crippen molar-refractivity contribution in [2.24, 2.45) is 0 Å². The predicted octanol–water partition coefficient (Wildman–Crippen LogP) is 4.84. The van der Waals surface area contributed by atoms with Crippen LogP contribution in [-0.2, 0) is 6.54 Å². The number of nitrogens with zero attached hydrogens (tertiary/aromatic N) is 5. The zero-order valence-corrected chi connectivity index (χ0v) is 20.7. The maximum Gasteiger partial charge on any atom is 0.272 e. The summed E-state index contributed by atoms with van der Waals surface area (Å²) in [5, 5.41) is 9.53. The Kier molecular flexibility index (Phi) is 7.32. The number of amides is 2. The highest BCUT2D eigenvalue weighted by molar-refractivity contribution is 6.34. The third-order valence-electron chi connectivity index (χ3n) is 5.55. The van der Waals surface area contributed by atoms with Crippen LogP contribution in [0.25, 0.3) is 16.9 Å². The van der Waals surface area contributed by atoms with E-state index in [1.807, 2.05) is 0 Å². The second-order valence-electron chi connectivity index (χ2n) is 8.14. The molecular formula is C27H18ClF2N7O2. The summed E-state index contributed by atoms with van der Waals surface area (Å²) in [6, 6.07) is 14.7. The van der Waals surface area contributed by atoms with Crippen LogP contribution in [0.5, 0.6) is 0 Å². The van der Waals surface area contributed by atoms with E-state index < -0.39 is 23.4 Å². The first-order valence-corrected chi connectivity index (χ1v) is 11.9. The van der Waals surface area contributed by atoms with Crippen LogP contribution in [0.2, 0.25) is 5.02 Å². The number of halogens is 3. The van der Waals surface area contributed by atoms with Crippen molar-refractivity contribution < 1.29 is 18.4 Å². The summed E-state index contributed by atoms with van der Waals surface area (Å²) in [5.74, 6) is -2.71. The number of carbonyl (C=O) groups is 2. The van der Waals surface area contributed by atoms with Gasteiger partial charge in [-0.3, -0.25) is 24.5 Å². The third kappa shape index (κ3) is 5.63. The minimum Gasteiger partial charge on any atom is -0.345 e. The molecule has 2 aromatic carbocycles. The van der Waals surface area contributed by atoms with Crippen molar-refractivity contribution >= 4 is 29.2 Å². The molecule has 0 fully saturated rings. The molecule has 3 heterocycles. The highest BCUT2D eigenvalue weighted by atomic mass is 35.5. The van der Waals surface area contributed by atoms with Gasteiger partial charge in [-0.05, 0) is 36.4 Å². The van der Waals surface area contributed by atoms with Gasteiger partial charge in [0.1, 0.15) is 23.1 Å². The second-order valence-corrected chi connectivity index (χ2v) is 8.55. The van der Waals surface area contributed by atoms with E-state index in [0.717, 1.165) is 18.2 Å². The number of pyridine rings is 1. The van der Waals surface area contributed by atoms with Gasteiger partial charge in [0.25, 0.3) is 11.8 Å². The van der Waals surface area contributed by atoms with Gasteiger partial charge in [0.05, 0.1) is 34.7 Å². The molecule has 5 aromatic rings. The van der Waals surface area contributed by atoms with Gasteiger partial charge < -0.3 is 10.6 Å². The van der Waals surface area contributed by atoms with E-state index in [1.54, 1.807) is 30.3 Å². The van der Waals surface area contributed by atoms with Crippen molar-refractivity contribution in [3.05, 3.63) is 119 Å². The van der Waals surface area contributed by atoms with E-state index >= 15 is 0 Å². The van der Waals surface area contributed by atoms with E-state index in [-0.39, 0.29) is 39.9 Å². The van der Waals surface area contributed by atoms with Crippen LogP contribution in [0.1, 0.15) is 26.5 Å². The van der Waals surface area contributed by atoms with Crippen molar-refractivity contribution in [2.75, 3.05) is 5.32 Å². The minimum atomic E-state index is -0.842. The molecule has 0 radical (unpaired) electrons. The maximum absolute atomic E-state index is 14.7. The van der Waals surface area contributed by atoms with Gasteiger partial charge in [-0.2, -0.15) is 5.10 Å². The topological polar surface area (TPSA) is 115 Å². The minimum absolute atomic E-state index is 0.0134. The summed E-state index contributed by atoms with van der Waals surface area (Å²) in [6.45, 7) is 0.116. The fourth-order valence-corrected chi connectivity index (χ4v) is 3.94. The molecule has 12 heteroatoms. The van der Waals surface area contributed by atoms with E-state index in [0.29, 0.717) is 11.4 Å². The quantitative estimate of drug-likeness (QED) is 0.302. The Balaban J connectivity index is 1.46. The number of benzene rings is 2. The number of anilines is 1. The first-order chi connectivity index (χ1) is 18.9. The number of carbonyl (C=O) groups excluding carboxylic acids is 2. The van der Waals surface area contributed by atoms with Crippen molar-refractivity contribution in [3.8, 4) is 16.9 Å². The lowest BCUT2D eigenvalue weighted by Gasteiger charge is -2.11. The molecule has 39 heavy (non-hydrogen) atoms. The van der Waals surface area contributed by atoms with Crippen LogP contribution < -0.4 is 10.6 Å². The van der Waals surface area contributed by atoms with E-state index in [1.165, 1.54) is 41.6 Å². The SMILES string of the molecule is O=C(NCc1cnccn1)c1cc(NC(=O)c2cc(-c3ncccc3F)c(F)cc2Cl)n(-c2ccccc2)n1. The van der Waals surface area contributed by atoms with E-state index in [9.17, 15) is 18.4 Å². The van der Waals surface area contributed by atoms with Crippen LogP contribution in [0.3, 0.4) is 0 Å². The molecule has 0 saturated carbocycles. The highest BCUT2D eigenvalue weighted by Gasteiger charge is 2.22. The lowest BCUT2D eigenvalue weighted by atomic mass is 10.1. The third-order valence-corrected chi connectivity index (χ3v) is 5.86. The molecule has 5 rings (SSSR count). The predicted molar refractivity (Wildman–Crippen MR) is 139 cm³/mol. The molecule has 0 unspecified atom stereocenters. The van der Waals surface area contributed by atoms with Gasteiger partial charge in [0.15, 0.2) is 5.69 Å². The molecular weight excluding hydrogens is 528 g/mol. The highest BCUT2D eigenvalue weighted by Crippen LogP contribution is 2.30. The first kappa shape index (κ1) is 25.6. The van der Waals surface area contributed by atoms with Crippen molar-refractivity contribution in [3.63, 3.8) is 0 Å². The van der Waals surface area contributed by atoms with Crippen molar-refractivity contribution in [1.82, 2.24) is 30.0 Å². The summed E-state index contributed by atoms with van der Waals surface area (Å²) >= 11 is 6.19. The molecule has 3 aromatic heterocycles. The summed E-state index contributed by atoms with van der Waals surface area (Å²) < 4.78 is 30.3. The molecule has 2 amide bonds. The summed E-state index contributed by atoms with van der Waals surface area (Å²) in [7, 11) is 0. The number of rotatable bonds is 7. The van der Waals surface area contributed by atoms with Gasteiger partial charge in [-0.15, -0.1) is 0 Å². The molecule has 0 aliphatic carbocycles. The van der Waals surface area contributed by atoms with Crippen LogP contribution in [0.15, 0.2) is 85.5 Å². The van der Waals surface area contributed by atoms with Gasteiger partial charge >= 0.3 is 0 Å². The zero-order chi connectivity index (χ0) is 27.4. The summed E-state index contributed by atoms with van der Waals surface area (Å²) in [5.41, 5.74) is 0.489. The first-order valence-electron chi connectivity index (χ1n) is 11.5. The van der Waals surface area contributed by atoms with Crippen LogP contribution >= 0.6 is 11.6 Å². The van der Waals surface area contributed by atoms with Gasteiger partial charge in [-0.1, -0.05) is 29.8 Å². The van der Waals surface area contributed by atoms with Gasteiger partial charge in [-0.25, -0.2) is 13.5 Å². The molecule has 0 atom stereocenters. The number of aromatic nitrogens is 5. The molecule has 0 aliphatic rings. The lowest BCUT2D eigenvalue weighted by Crippen LogP contribution is -2.24. The molecule has 194 valence electrons. The maximum atomic E-state index is 14.7. The van der Waals surface area contributed by atoms with Gasteiger partial charge in [0.2, 0.25) is 0 Å². The second kappa shape index (κ2) is 11.2. The number of para-hydroxylation sites is 1.